The van der Waals surface area contributed by atoms with Gasteiger partial charge in [-0.25, -0.2) is 0 Å². The fourth-order valence-electron chi connectivity index (χ4n) is 3.37. The number of hydrogen-bond donors (Lipinski definition) is 3. The van der Waals surface area contributed by atoms with Gasteiger partial charge >= 0.3 is 0 Å². The van der Waals surface area contributed by atoms with Crippen LogP contribution >= 0.6 is 0 Å². The lowest BCUT2D eigenvalue weighted by Crippen LogP contribution is -2.41. The molecule has 10 heteroatoms. The molecule has 1 saturated carbocycles. The van der Waals surface area contributed by atoms with E-state index in [2.05, 4.69) is 20.8 Å². The van der Waals surface area contributed by atoms with Crippen molar-refractivity contribution in [3.05, 3.63) is 43.0 Å². The van der Waals surface area contributed by atoms with E-state index >= 15 is 0 Å². The number of aryl methyl sites for hydroxylation is 1. The van der Waals surface area contributed by atoms with Gasteiger partial charge < -0.3 is 25.0 Å². The molecule has 0 atom stereocenters. The van der Waals surface area contributed by atoms with Crippen LogP contribution in [0.15, 0.2) is 43.0 Å². The molecule has 1 aromatic heterocycles. The molecular formula is C21H29N5O5. The average molecular weight is 431 g/mol. The molecule has 1 fully saturated rings. The Hall–Kier alpha value is -3.43. The second-order valence-corrected chi connectivity index (χ2v) is 7.12. The summed E-state index contributed by atoms with van der Waals surface area (Å²) in [4.78, 5) is 32.7. The van der Waals surface area contributed by atoms with E-state index in [-0.39, 0.29) is 30.2 Å². The van der Waals surface area contributed by atoms with Crippen LogP contribution in [0.1, 0.15) is 32.1 Å². The van der Waals surface area contributed by atoms with Gasteiger partial charge in [-0.1, -0.05) is 18.2 Å². The fraction of sp³-hybridized carbons (Fsp3) is 0.476. The first-order valence-corrected chi connectivity index (χ1v) is 10.3. The summed E-state index contributed by atoms with van der Waals surface area (Å²) in [6, 6.07) is 9.71. The molecule has 3 N–H and O–H groups in total. The summed E-state index contributed by atoms with van der Waals surface area (Å²) in [5.41, 5.74) is 0. The van der Waals surface area contributed by atoms with Crippen molar-refractivity contribution in [1.82, 2.24) is 25.4 Å². The van der Waals surface area contributed by atoms with E-state index in [1.165, 1.54) is 0 Å². The number of para-hydroxylation sites is 1. The number of carboxylic acid groups (broad SMARTS) is 1. The second-order valence-electron chi connectivity index (χ2n) is 7.12. The number of aromatic nitrogens is 3. The van der Waals surface area contributed by atoms with Gasteiger partial charge in [0.1, 0.15) is 25.0 Å². The Balaban J connectivity index is 0.00000107. The zero-order valence-electron chi connectivity index (χ0n) is 17.4. The van der Waals surface area contributed by atoms with Crippen LogP contribution in [0.25, 0.3) is 0 Å². The summed E-state index contributed by atoms with van der Waals surface area (Å²) >= 11 is 0. The number of amides is 2. The topological polar surface area (TPSA) is 135 Å². The Morgan fingerprint density at radius 3 is 2.42 bits per heavy atom. The Kier molecular flexibility index (Phi) is 10.6. The van der Waals surface area contributed by atoms with Gasteiger partial charge in [-0.05, 0) is 37.8 Å². The minimum atomic E-state index is -0.250. The molecule has 2 amide bonds. The third-order valence-corrected chi connectivity index (χ3v) is 4.94. The summed E-state index contributed by atoms with van der Waals surface area (Å²) < 4.78 is 7.36. The van der Waals surface area contributed by atoms with Crippen LogP contribution in [0.5, 0.6) is 5.75 Å². The normalized spacial score (nSPS) is 17.5. The Bertz CT molecular complexity index is 777. The Morgan fingerprint density at radius 2 is 1.77 bits per heavy atom. The standard InChI is InChI=1S/C20H27N5O3.CH2O2/c26-19(10-12-25-14-22-23-15-25)24-17-8-6-16(7-9-17)20(27)21-11-13-28-18-4-2-1-3-5-18;2-1-3/h1-5,14-17H,6-13H2,(H,21,27)(H,24,26);1H,(H,2,3). The van der Waals surface area contributed by atoms with Gasteiger partial charge in [0.15, 0.2) is 0 Å². The first-order valence-electron chi connectivity index (χ1n) is 10.3. The maximum atomic E-state index is 12.3. The largest absolute Gasteiger partial charge is 0.492 e. The van der Waals surface area contributed by atoms with Crippen molar-refractivity contribution in [2.75, 3.05) is 13.2 Å². The molecule has 0 bridgehead atoms. The molecule has 3 rings (SSSR count). The zero-order valence-corrected chi connectivity index (χ0v) is 17.4. The minimum Gasteiger partial charge on any atom is -0.492 e. The monoisotopic (exact) mass is 431 g/mol. The number of carbonyl (C=O) groups excluding carboxylic acids is 2. The van der Waals surface area contributed by atoms with Crippen molar-refractivity contribution >= 4 is 18.3 Å². The maximum absolute atomic E-state index is 12.3. The number of rotatable bonds is 9. The summed E-state index contributed by atoms with van der Waals surface area (Å²) in [6.07, 6.45) is 6.85. The van der Waals surface area contributed by atoms with Gasteiger partial charge in [0.05, 0.1) is 6.54 Å². The van der Waals surface area contributed by atoms with Gasteiger partial charge in [-0.2, -0.15) is 0 Å². The summed E-state index contributed by atoms with van der Waals surface area (Å²) in [5.74, 6) is 0.924. The highest BCUT2D eigenvalue weighted by Gasteiger charge is 2.26. The number of ether oxygens (including phenoxy) is 1. The number of nitrogens with one attached hydrogen (secondary N) is 2. The molecule has 0 saturated heterocycles. The zero-order chi connectivity index (χ0) is 22.3. The number of hydrogen-bond acceptors (Lipinski definition) is 6. The third-order valence-electron chi connectivity index (χ3n) is 4.94. The SMILES string of the molecule is O=C(CCn1cnnc1)NC1CCC(C(=O)NCCOc2ccccc2)CC1.O=CO. The Morgan fingerprint density at radius 1 is 1.13 bits per heavy atom. The van der Waals surface area contributed by atoms with E-state index in [1.807, 2.05) is 30.3 Å². The van der Waals surface area contributed by atoms with E-state index in [9.17, 15) is 9.59 Å². The van der Waals surface area contributed by atoms with Crippen LogP contribution in [0.3, 0.4) is 0 Å². The Labute approximate surface area is 181 Å². The van der Waals surface area contributed by atoms with E-state index in [4.69, 9.17) is 14.6 Å². The van der Waals surface area contributed by atoms with E-state index < -0.39 is 0 Å². The van der Waals surface area contributed by atoms with Gasteiger partial charge in [0.2, 0.25) is 11.8 Å². The van der Waals surface area contributed by atoms with Crippen LogP contribution in [-0.4, -0.2) is 57.4 Å². The lowest BCUT2D eigenvalue weighted by molar-refractivity contribution is -0.126. The molecule has 168 valence electrons. The summed E-state index contributed by atoms with van der Waals surface area (Å²) in [5, 5.41) is 20.3. The third kappa shape index (κ3) is 9.28. The lowest BCUT2D eigenvalue weighted by atomic mass is 9.85. The van der Waals surface area contributed by atoms with E-state index in [0.717, 1.165) is 31.4 Å². The molecule has 0 spiro atoms. The van der Waals surface area contributed by atoms with Gasteiger partial charge in [-0.15, -0.1) is 10.2 Å². The summed E-state index contributed by atoms with van der Waals surface area (Å²) in [7, 11) is 0. The van der Waals surface area contributed by atoms with Crippen molar-refractivity contribution in [2.45, 2.75) is 44.7 Å². The number of nitrogens with zero attached hydrogens (tertiary/aromatic N) is 3. The molecule has 31 heavy (non-hydrogen) atoms. The van der Waals surface area contributed by atoms with Crippen LogP contribution in [0.4, 0.5) is 0 Å². The molecule has 1 heterocycles. The summed E-state index contributed by atoms with van der Waals surface area (Å²) in [6.45, 7) is 1.27. The molecule has 0 unspecified atom stereocenters. The van der Waals surface area contributed by atoms with Gasteiger partial charge in [-0.3, -0.25) is 14.4 Å². The quantitative estimate of drug-likeness (QED) is 0.401. The highest BCUT2D eigenvalue weighted by atomic mass is 16.5. The maximum Gasteiger partial charge on any atom is 0.290 e. The van der Waals surface area contributed by atoms with E-state index in [0.29, 0.717) is 26.1 Å². The molecular weight excluding hydrogens is 402 g/mol. The second kappa shape index (κ2) is 13.7. The predicted molar refractivity (Wildman–Crippen MR) is 112 cm³/mol. The predicted octanol–water partition coefficient (Wildman–Crippen LogP) is 1.24. The van der Waals surface area contributed by atoms with Crippen molar-refractivity contribution in [2.24, 2.45) is 5.92 Å². The molecule has 1 aliphatic rings. The molecule has 10 nitrogen and oxygen atoms in total. The fourth-order valence-corrected chi connectivity index (χ4v) is 3.37. The van der Waals surface area contributed by atoms with Crippen LogP contribution in [0, 0.1) is 5.92 Å². The lowest BCUT2D eigenvalue weighted by Gasteiger charge is -2.28. The molecule has 2 aromatic rings. The average Bonchev–Trinajstić information content (AvgIpc) is 3.31. The van der Waals surface area contributed by atoms with Crippen molar-refractivity contribution in [1.29, 1.82) is 0 Å². The smallest absolute Gasteiger partial charge is 0.290 e. The van der Waals surface area contributed by atoms with Gasteiger partial charge in [0.25, 0.3) is 6.47 Å². The van der Waals surface area contributed by atoms with E-state index in [1.54, 1.807) is 17.2 Å². The van der Waals surface area contributed by atoms with Crippen molar-refractivity contribution in [3.63, 3.8) is 0 Å². The first-order chi connectivity index (χ1) is 15.1. The number of benzene rings is 1. The molecule has 0 aliphatic heterocycles. The molecule has 0 radical (unpaired) electrons. The van der Waals surface area contributed by atoms with Crippen LogP contribution in [-0.2, 0) is 20.9 Å². The first kappa shape index (κ1) is 23.8. The van der Waals surface area contributed by atoms with Crippen molar-refractivity contribution in [3.8, 4) is 5.75 Å². The van der Waals surface area contributed by atoms with Crippen LogP contribution in [0.2, 0.25) is 0 Å². The minimum absolute atomic E-state index is 0.0156. The van der Waals surface area contributed by atoms with Gasteiger partial charge in [0, 0.05) is 24.9 Å². The highest BCUT2D eigenvalue weighted by molar-refractivity contribution is 5.79. The molecule has 1 aromatic carbocycles. The van der Waals surface area contributed by atoms with Crippen LogP contribution < -0.4 is 15.4 Å². The number of carbonyl (C=O) groups is 3. The highest BCUT2D eigenvalue weighted by Crippen LogP contribution is 2.24. The van der Waals surface area contributed by atoms with Crippen molar-refractivity contribution < 1.29 is 24.2 Å². The molecule has 1 aliphatic carbocycles.